The van der Waals surface area contributed by atoms with Crippen molar-refractivity contribution in [2.45, 2.75) is 26.2 Å². The number of hydrogen-bond acceptors (Lipinski definition) is 5. The summed E-state index contributed by atoms with van der Waals surface area (Å²) in [4.78, 5) is 19.2. The van der Waals surface area contributed by atoms with Gasteiger partial charge in [-0.2, -0.15) is 0 Å². The maximum absolute atomic E-state index is 11.5. The molecule has 7 aromatic rings. The summed E-state index contributed by atoms with van der Waals surface area (Å²) in [7, 11) is 0. The fourth-order valence-corrected chi connectivity index (χ4v) is 5.37. The number of phenols is 1. The second-order valence-corrected chi connectivity index (χ2v) is 11.4. The number of rotatable bonds is 4. The normalized spacial score (nSPS) is 11.8. The molecule has 204 valence electrons. The summed E-state index contributed by atoms with van der Waals surface area (Å²) in [6.45, 7) is 6.58. The van der Waals surface area contributed by atoms with Crippen LogP contribution in [0.4, 0.5) is 0 Å². The maximum atomic E-state index is 11.5. The summed E-state index contributed by atoms with van der Waals surface area (Å²) in [5.41, 5.74) is 5.31. The fourth-order valence-electron chi connectivity index (χ4n) is 5.37. The Morgan fingerprint density at radius 3 is 1.83 bits per heavy atom. The number of aromatic nitrogens is 5. The van der Waals surface area contributed by atoms with Crippen molar-refractivity contribution in [2.75, 3.05) is 0 Å². The van der Waals surface area contributed by atoms with Gasteiger partial charge in [-0.25, -0.2) is 19.9 Å². The fraction of sp³-hybridized carbons (Fsp3) is 0.111. The van der Waals surface area contributed by atoms with Gasteiger partial charge in [0.1, 0.15) is 11.6 Å². The van der Waals surface area contributed by atoms with E-state index in [0.29, 0.717) is 23.0 Å². The molecule has 4 aromatic carbocycles. The van der Waals surface area contributed by atoms with Crippen molar-refractivity contribution < 1.29 is 5.11 Å². The molecule has 0 amide bonds. The minimum atomic E-state index is -0.0304. The molecule has 0 fully saturated rings. The first-order valence-electron chi connectivity index (χ1n) is 14.0. The second kappa shape index (κ2) is 9.93. The van der Waals surface area contributed by atoms with Crippen molar-refractivity contribution in [2.24, 2.45) is 0 Å². The van der Waals surface area contributed by atoms with Crippen LogP contribution >= 0.6 is 0 Å². The van der Waals surface area contributed by atoms with Gasteiger partial charge < -0.3 is 5.11 Å². The molecule has 0 bridgehead atoms. The predicted molar refractivity (Wildman–Crippen MR) is 169 cm³/mol. The lowest BCUT2D eigenvalue weighted by Crippen LogP contribution is -2.12. The van der Waals surface area contributed by atoms with Crippen LogP contribution in [-0.4, -0.2) is 29.6 Å². The van der Waals surface area contributed by atoms with E-state index in [1.54, 1.807) is 6.07 Å². The van der Waals surface area contributed by atoms with Gasteiger partial charge >= 0.3 is 0 Å². The quantitative estimate of drug-likeness (QED) is 0.240. The first-order chi connectivity index (χ1) is 20.4. The van der Waals surface area contributed by atoms with Crippen LogP contribution in [0.25, 0.3) is 61.8 Å². The van der Waals surface area contributed by atoms with E-state index in [4.69, 9.17) is 19.9 Å². The summed E-state index contributed by atoms with van der Waals surface area (Å²) in [6.07, 6.45) is 1.85. The number of hydrogen-bond donors (Lipinski definition) is 1. The molecular formula is C36H29N5O. The van der Waals surface area contributed by atoms with E-state index in [-0.39, 0.29) is 11.2 Å². The summed E-state index contributed by atoms with van der Waals surface area (Å²) in [6, 6.07) is 35.9. The van der Waals surface area contributed by atoms with Crippen LogP contribution in [0.1, 0.15) is 26.3 Å². The average Bonchev–Trinajstić information content (AvgIpc) is 3.34. The summed E-state index contributed by atoms with van der Waals surface area (Å²) < 4.78 is 2.11. The largest absolute Gasteiger partial charge is 0.507 e. The number of fused-ring (bicyclic) bond motifs is 3. The first kappa shape index (κ1) is 25.6. The van der Waals surface area contributed by atoms with Crippen molar-refractivity contribution >= 4 is 21.8 Å². The number of para-hydroxylation sites is 1. The summed E-state index contributed by atoms with van der Waals surface area (Å²) >= 11 is 0. The van der Waals surface area contributed by atoms with E-state index in [1.165, 1.54) is 5.56 Å². The second-order valence-electron chi connectivity index (χ2n) is 11.4. The molecule has 0 saturated heterocycles. The summed E-state index contributed by atoms with van der Waals surface area (Å²) in [5, 5.41) is 13.6. The van der Waals surface area contributed by atoms with Gasteiger partial charge in [-0.1, -0.05) is 99.6 Å². The van der Waals surface area contributed by atoms with Gasteiger partial charge in [0, 0.05) is 34.2 Å². The van der Waals surface area contributed by atoms with E-state index in [9.17, 15) is 5.11 Å². The number of benzene rings is 4. The molecule has 0 aliphatic carbocycles. The van der Waals surface area contributed by atoms with Crippen LogP contribution in [0.5, 0.6) is 5.75 Å². The standard InChI is InChI=1S/C36H29N5O/c1-36(2,3)25-18-19-37-32(20-25)41-29-17-11-10-16-26(29)27-21-28(31(42)22-30(27)41)35-39-33(23-12-6-4-7-13-23)38-34(40-35)24-14-8-5-9-15-24/h4-22,42H,1-3H3. The van der Waals surface area contributed by atoms with Crippen LogP contribution < -0.4 is 0 Å². The Hall–Kier alpha value is -5.36. The molecule has 0 aliphatic heterocycles. The van der Waals surface area contributed by atoms with Crippen LogP contribution in [0.3, 0.4) is 0 Å². The van der Waals surface area contributed by atoms with Crippen molar-refractivity contribution in [1.82, 2.24) is 24.5 Å². The molecule has 0 unspecified atom stereocenters. The zero-order chi connectivity index (χ0) is 28.8. The number of aromatic hydroxyl groups is 1. The molecular weight excluding hydrogens is 518 g/mol. The van der Waals surface area contributed by atoms with E-state index >= 15 is 0 Å². The van der Waals surface area contributed by atoms with Crippen molar-refractivity contribution in [1.29, 1.82) is 0 Å². The third kappa shape index (κ3) is 4.47. The SMILES string of the molecule is CC(C)(C)c1ccnc(-n2c3ccccc3c3cc(-c4nc(-c5ccccc5)nc(-c5ccccc5)n4)c(O)cc32)c1. The Morgan fingerprint density at radius 2 is 1.19 bits per heavy atom. The Kier molecular flexibility index (Phi) is 6.05. The highest BCUT2D eigenvalue weighted by Gasteiger charge is 2.21. The molecule has 7 rings (SSSR count). The van der Waals surface area contributed by atoms with Gasteiger partial charge in [0.05, 0.1) is 16.6 Å². The number of phenolic OH excluding ortho intramolecular Hbond substituents is 1. The molecule has 6 heteroatoms. The van der Waals surface area contributed by atoms with Crippen LogP contribution in [-0.2, 0) is 5.41 Å². The Labute approximate surface area is 244 Å². The predicted octanol–water partition coefficient (Wildman–Crippen LogP) is 8.37. The van der Waals surface area contributed by atoms with E-state index < -0.39 is 0 Å². The molecule has 0 spiro atoms. The van der Waals surface area contributed by atoms with Crippen LogP contribution in [0.2, 0.25) is 0 Å². The van der Waals surface area contributed by atoms with Crippen molar-refractivity contribution in [3.63, 3.8) is 0 Å². The summed E-state index contributed by atoms with van der Waals surface area (Å²) in [5.74, 6) is 2.39. The third-order valence-electron chi connectivity index (χ3n) is 7.57. The minimum absolute atomic E-state index is 0.0304. The van der Waals surface area contributed by atoms with Crippen LogP contribution in [0, 0.1) is 0 Å². The minimum Gasteiger partial charge on any atom is -0.507 e. The van der Waals surface area contributed by atoms with Gasteiger partial charge in [0.2, 0.25) is 0 Å². The smallest absolute Gasteiger partial charge is 0.167 e. The highest BCUT2D eigenvalue weighted by molar-refractivity contribution is 6.11. The van der Waals surface area contributed by atoms with Gasteiger partial charge in [-0.05, 0) is 35.2 Å². The molecule has 1 N–H and O–H groups in total. The highest BCUT2D eigenvalue weighted by atomic mass is 16.3. The molecule has 0 aliphatic rings. The van der Waals surface area contributed by atoms with E-state index in [2.05, 4.69) is 49.6 Å². The lowest BCUT2D eigenvalue weighted by Gasteiger charge is -2.20. The Balaban J connectivity index is 1.48. The van der Waals surface area contributed by atoms with Crippen molar-refractivity contribution in [3.05, 3.63) is 121 Å². The van der Waals surface area contributed by atoms with Crippen LogP contribution in [0.15, 0.2) is 115 Å². The number of pyridine rings is 1. The Morgan fingerprint density at radius 1 is 0.595 bits per heavy atom. The highest BCUT2D eigenvalue weighted by Crippen LogP contribution is 2.39. The van der Waals surface area contributed by atoms with Gasteiger partial charge in [0.15, 0.2) is 17.5 Å². The Bertz CT molecular complexity index is 2020. The van der Waals surface area contributed by atoms with E-state index in [1.807, 2.05) is 85.1 Å². The molecule has 3 heterocycles. The van der Waals surface area contributed by atoms with Crippen molar-refractivity contribution in [3.8, 4) is 45.7 Å². The van der Waals surface area contributed by atoms with Gasteiger partial charge in [-0.3, -0.25) is 4.57 Å². The molecule has 0 saturated carbocycles. The van der Waals surface area contributed by atoms with Gasteiger partial charge in [-0.15, -0.1) is 0 Å². The topological polar surface area (TPSA) is 76.7 Å². The molecule has 3 aromatic heterocycles. The molecule has 0 atom stereocenters. The monoisotopic (exact) mass is 547 g/mol. The lowest BCUT2D eigenvalue weighted by atomic mass is 9.88. The molecule has 6 nitrogen and oxygen atoms in total. The lowest BCUT2D eigenvalue weighted by molar-refractivity contribution is 0.477. The average molecular weight is 548 g/mol. The maximum Gasteiger partial charge on any atom is 0.167 e. The molecule has 42 heavy (non-hydrogen) atoms. The third-order valence-corrected chi connectivity index (χ3v) is 7.57. The number of nitrogens with zero attached hydrogens (tertiary/aromatic N) is 5. The van der Waals surface area contributed by atoms with E-state index in [0.717, 1.165) is 38.8 Å². The van der Waals surface area contributed by atoms with Gasteiger partial charge in [0.25, 0.3) is 0 Å². The zero-order valence-corrected chi connectivity index (χ0v) is 23.7. The first-order valence-corrected chi connectivity index (χ1v) is 14.0. The molecule has 0 radical (unpaired) electrons. The zero-order valence-electron chi connectivity index (χ0n) is 23.7.